The number of carboxylic acids is 1. The van der Waals surface area contributed by atoms with Crippen LogP contribution in [0.4, 0.5) is 5.69 Å². The van der Waals surface area contributed by atoms with Gasteiger partial charge < -0.3 is 10.0 Å². The van der Waals surface area contributed by atoms with E-state index in [1.807, 2.05) is 35.2 Å². The van der Waals surface area contributed by atoms with Gasteiger partial charge in [0.05, 0.1) is 12.5 Å². The Bertz CT molecular complexity index is 461. The second-order valence-electron chi connectivity index (χ2n) is 4.75. The van der Waals surface area contributed by atoms with E-state index >= 15 is 0 Å². The first-order valence-corrected chi connectivity index (χ1v) is 6.38. The van der Waals surface area contributed by atoms with Crippen LogP contribution in [0.1, 0.15) is 12.8 Å². The van der Waals surface area contributed by atoms with Gasteiger partial charge in [-0.05, 0) is 25.6 Å². The average molecular weight is 262 g/mol. The molecule has 5 nitrogen and oxygen atoms in total. The fourth-order valence-electron chi connectivity index (χ4n) is 2.37. The number of carbonyl (C=O) groups is 2. The first-order valence-electron chi connectivity index (χ1n) is 6.38. The summed E-state index contributed by atoms with van der Waals surface area (Å²) in [4.78, 5) is 26.5. The van der Waals surface area contributed by atoms with Crippen LogP contribution in [0, 0.1) is 0 Å². The van der Waals surface area contributed by atoms with Crippen LogP contribution in [-0.4, -0.2) is 48.1 Å². The number of amides is 1. The maximum atomic E-state index is 12.3. The summed E-state index contributed by atoms with van der Waals surface area (Å²) >= 11 is 0. The summed E-state index contributed by atoms with van der Waals surface area (Å²) in [6, 6.07) is 9.35. The highest BCUT2D eigenvalue weighted by molar-refractivity contribution is 5.99. The molecule has 1 aliphatic heterocycles. The van der Waals surface area contributed by atoms with Gasteiger partial charge in [-0.1, -0.05) is 18.2 Å². The molecule has 102 valence electrons. The Morgan fingerprint density at radius 3 is 2.74 bits per heavy atom. The Hall–Kier alpha value is -1.88. The lowest BCUT2D eigenvalue weighted by Gasteiger charge is -2.23. The van der Waals surface area contributed by atoms with Crippen molar-refractivity contribution in [3.8, 4) is 0 Å². The molecule has 0 saturated carbocycles. The summed E-state index contributed by atoms with van der Waals surface area (Å²) in [5.74, 6) is -0.781. The SMILES string of the molecule is CN(CCC(=O)O)C1CCN(c2ccccc2)C1=O. The summed E-state index contributed by atoms with van der Waals surface area (Å²) < 4.78 is 0. The quantitative estimate of drug-likeness (QED) is 0.866. The van der Waals surface area contributed by atoms with Gasteiger partial charge in [0.2, 0.25) is 5.91 Å². The fourth-order valence-corrected chi connectivity index (χ4v) is 2.37. The highest BCUT2D eigenvalue weighted by atomic mass is 16.4. The molecule has 1 saturated heterocycles. The predicted octanol–water partition coefficient (Wildman–Crippen LogP) is 1.20. The number of rotatable bonds is 5. The number of likely N-dealkylation sites (N-methyl/N-ethyl adjacent to an activating group) is 1. The van der Waals surface area contributed by atoms with E-state index in [1.54, 1.807) is 11.9 Å². The minimum atomic E-state index is -0.836. The first-order chi connectivity index (χ1) is 9.09. The Balaban J connectivity index is 2.00. The third-order valence-corrected chi connectivity index (χ3v) is 3.46. The van der Waals surface area contributed by atoms with E-state index in [9.17, 15) is 9.59 Å². The second kappa shape index (κ2) is 5.84. The molecule has 5 heteroatoms. The number of aliphatic carboxylic acids is 1. The minimum absolute atomic E-state index is 0.0547. The zero-order chi connectivity index (χ0) is 13.8. The molecule has 1 unspecified atom stereocenters. The van der Waals surface area contributed by atoms with Gasteiger partial charge in [0.1, 0.15) is 0 Å². The van der Waals surface area contributed by atoms with Gasteiger partial charge >= 0.3 is 5.97 Å². The van der Waals surface area contributed by atoms with Gasteiger partial charge in [-0.2, -0.15) is 0 Å². The van der Waals surface area contributed by atoms with Crippen LogP contribution in [0.3, 0.4) is 0 Å². The normalized spacial score (nSPS) is 19.2. The van der Waals surface area contributed by atoms with Crippen LogP contribution in [0.2, 0.25) is 0 Å². The maximum absolute atomic E-state index is 12.3. The molecule has 0 aromatic heterocycles. The minimum Gasteiger partial charge on any atom is -0.481 e. The second-order valence-corrected chi connectivity index (χ2v) is 4.75. The van der Waals surface area contributed by atoms with Gasteiger partial charge in [0.25, 0.3) is 0 Å². The molecule has 2 rings (SSSR count). The van der Waals surface area contributed by atoms with E-state index < -0.39 is 5.97 Å². The van der Waals surface area contributed by atoms with Crippen LogP contribution in [0.25, 0.3) is 0 Å². The predicted molar refractivity (Wildman–Crippen MR) is 72.1 cm³/mol. The summed E-state index contributed by atoms with van der Waals surface area (Å²) in [7, 11) is 1.81. The molecule has 1 aromatic carbocycles. The highest BCUT2D eigenvalue weighted by Crippen LogP contribution is 2.23. The summed E-state index contributed by atoms with van der Waals surface area (Å²) in [6.07, 6.45) is 0.801. The van der Waals surface area contributed by atoms with E-state index in [0.29, 0.717) is 13.1 Å². The first kappa shape index (κ1) is 13.5. The molecule has 0 bridgehead atoms. The zero-order valence-corrected chi connectivity index (χ0v) is 11.0. The smallest absolute Gasteiger partial charge is 0.304 e. The van der Waals surface area contributed by atoms with Gasteiger partial charge in [-0.3, -0.25) is 14.5 Å². The topological polar surface area (TPSA) is 60.9 Å². The third-order valence-electron chi connectivity index (χ3n) is 3.46. The van der Waals surface area contributed by atoms with E-state index in [1.165, 1.54) is 0 Å². The van der Waals surface area contributed by atoms with Crippen molar-refractivity contribution in [2.75, 3.05) is 25.0 Å². The molecular weight excluding hydrogens is 244 g/mol. The molecule has 0 spiro atoms. The van der Waals surface area contributed by atoms with Crippen molar-refractivity contribution in [3.05, 3.63) is 30.3 Å². The van der Waals surface area contributed by atoms with Gasteiger partial charge in [0.15, 0.2) is 0 Å². The van der Waals surface area contributed by atoms with Gasteiger partial charge in [-0.15, -0.1) is 0 Å². The van der Waals surface area contributed by atoms with E-state index in [-0.39, 0.29) is 18.4 Å². The summed E-state index contributed by atoms with van der Waals surface area (Å²) in [5, 5.41) is 8.68. The number of para-hydroxylation sites is 1. The molecule has 1 amide bonds. The Morgan fingerprint density at radius 2 is 2.11 bits per heavy atom. The molecular formula is C14H18N2O3. The number of carbonyl (C=O) groups excluding carboxylic acids is 1. The number of hydrogen-bond donors (Lipinski definition) is 1. The average Bonchev–Trinajstić information content (AvgIpc) is 2.79. The van der Waals surface area contributed by atoms with Crippen molar-refractivity contribution in [1.82, 2.24) is 4.90 Å². The lowest BCUT2D eigenvalue weighted by Crippen LogP contribution is -2.40. The van der Waals surface area contributed by atoms with Crippen molar-refractivity contribution in [2.45, 2.75) is 18.9 Å². The molecule has 1 heterocycles. The van der Waals surface area contributed by atoms with Crippen LogP contribution >= 0.6 is 0 Å². The highest BCUT2D eigenvalue weighted by Gasteiger charge is 2.34. The Morgan fingerprint density at radius 1 is 1.42 bits per heavy atom. The monoisotopic (exact) mass is 262 g/mol. The van der Waals surface area contributed by atoms with E-state index in [0.717, 1.165) is 12.1 Å². The number of benzene rings is 1. The molecule has 19 heavy (non-hydrogen) atoms. The summed E-state index contributed by atoms with van der Waals surface area (Å²) in [5.41, 5.74) is 0.904. The zero-order valence-electron chi connectivity index (χ0n) is 11.0. The molecule has 1 N–H and O–H groups in total. The summed E-state index contributed by atoms with van der Waals surface area (Å²) in [6.45, 7) is 1.08. The Kier molecular flexibility index (Phi) is 4.16. The number of carboxylic acid groups (broad SMARTS) is 1. The molecule has 1 atom stereocenters. The number of nitrogens with zero attached hydrogens (tertiary/aromatic N) is 2. The lowest BCUT2D eigenvalue weighted by atomic mass is 10.2. The van der Waals surface area contributed by atoms with Gasteiger partial charge in [-0.25, -0.2) is 0 Å². The fraction of sp³-hybridized carbons (Fsp3) is 0.429. The van der Waals surface area contributed by atoms with Crippen molar-refractivity contribution in [2.24, 2.45) is 0 Å². The molecule has 0 aliphatic carbocycles. The van der Waals surface area contributed by atoms with Crippen LogP contribution in [-0.2, 0) is 9.59 Å². The molecule has 1 fully saturated rings. The Labute approximate surface area is 112 Å². The third kappa shape index (κ3) is 3.12. The van der Waals surface area contributed by atoms with Crippen molar-refractivity contribution in [3.63, 3.8) is 0 Å². The number of anilines is 1. The molecule has 0 radical (unpaired) electrons. The van der Waals surface area contributed by atoms with Gasteiger partial charge in [0, 0.05) is 18.8 Å². The maximum Gasteiger partial charge on any atom is 0.304 e. The van der Waals surface area contributed by atoms with Crippen molar-refractivity contribution in [1.29, 1.82) is 0 Å². The largest absolute Gasteiger partial charge is 0.481 e. The molecule has 1 aliphatic rings. The van der Waals surface area contributed by atoms with Crippen LogP contribution < -0.4 is 4.90 Å². The van der Waals surface area contributed by atoms with Crippen LogP contribution in [0.5, 0.6) is 0 Å². The van der Waals surface area contributed by atoms with E-state index in [2.05, 4.69) is 0 Å². The van der Waals surface area contributed by atoms with Crippen LogP contribution in [0.15, 0.2) is 30.3 Å². The number of hydrogen-bond acceptors (Lipinski definition) is 3. The standard InChI is InChI=1S/C14H18N2O3/c1-15(9-8-13(17)18)12-7-10-16(14(12)19)11-5-3-2-4-6-11/h2-6,12H,7-10H2,1H3,(H,17,18). The van der Waals surface area contributed by atoms with E-state index in [4.69, 9.17) is 5.11 Å². The van der Waals surface area contributed by atoms with Crippen molar-refractivity contribution < 1.29 is 14.7 Å². The van der Waals surface area contributed by atoms with Crippen molar-refractivity contribution >= 4 is 17.6 Å². The molecule has 1 aromatic rings. The lowest BCUT2D eigenvalue weighted by molar-refractivity contribution is -0.137.